The van der Waals surface area contributed by atoms with Crippen LogP contribution < -0.4 is 4.74 Å². The summed E-state index contributed by atoms with van der Waals surface area (Å²) in [6.45, 7) is 5.86. The SMILES string of the molecule is CC(C)n1ncc2c1-c1ccccc1OC21CCN(C(=O)C2CC2)CC1. The number of rotatable bonds is 2. The maximum atomic E-state index is 12.4. The van der Waals surface area contributed by atoms with Crippen molar-refractivity contribution in [1.82, 2.24) is 14.7 Å². The maximum Gasteiger partial charge on any atom is 0.225 e. The van der Waals surface area contributed by atoms with E-state index in [1.165, 1.54) is 11.3 Å². The summed E-state index contributed by atoms with van der Waals surface area (Å²) in [5.74, 6) is 1.56. The van der Waals surface area contributed by atoms with Gasteiger partial charge in [0.15, 0.2) is 0 Å². The van der Waals surface area contributed by atoms with Crippen molar-refractivity contribution in [3.05, 3.63) is 36.0 Å². The van der Waals surface area contributed by atoms with Crippen molar-refractivity contribution in [2.75, 3.05) is 13.1 Å². The van der Waals surface area contributed by atoms with Crippen molar-refractivity contribution in [2.24, 2.45) is 5.92 Å². The molecule has 0 N–H and O–H groups in total. The van der Waals surface area contributed by atoms with Crippen molar-refractivity contribution in [2.45, 2.75) is 51.2 Å². The summed E-state index contributed by atoms with van der Waals surface area (Å²) in [4.78, 5) is 14.5. The van der Waals surface area contributed by atoms with Crippen LogP contribution in [0.3, 0.4) is 0 Å². The van der Waals surface area contributed by atoms with E-state index in [1.54, 1.807) is 0 Å². The van der Waals surface area contributed by atoms with Gasteiger partial charge >= 0.3 is 0 Å². The second-order valence-electron chi connectivity index (χ2n) is 8.14. The first-order chi connectivity index (χ1) is 12.6. The van der Waals surface area contributed by atoms with E-state index in [4.69, 9.17) is 9.84 Å². The molecule has 0 bridgehead atoms. The van der Waals surface area contributed by atoms with E-state index >= 15 is 0 Å². The van der Waals surface area contributed by atoms with E-state index in [0.717, 1.165) is 50.1 Å². The number of benzene rings is 1. The van der Waals surface area contributed by atoms with Crippen molar-refractivity contribution in [1.29, 1.82) is 0 Å². The number of amides is 1. The third-order valence-electron chi connectivity index (χ3n) is 6.03. The average molecular weight is 351 g/mol. The lowest BCUT2D eigenvalue weighted by Gasteiger charge is -2.44. The lowest BCUT2D eigenvalue weighted by molar-refractivity contribution is -0.136. The van der Waals surface area contributed by atoms with Gasteiger partial charge in [0.1, 0.15) is 11.4 Å². The highest BCUT2D eigenvalue weighted by molar-refractivity contribution is 5.81. The van der Waals surface area contributed by atoms with E-state index in [2.05, 4.69) is 36.7 Å². The summed E-state index contributed by atoms with van der Waals surface area (Å²) < 4.78 is 8.70. The molecule has 1 saturated heterocycles. The van der Waals surface area contributed by atoms with Crippen LogP contribution in [0.5, 0.6) is 5.75 Å². The molecule has 5 rings (SSSR count). The van der Waals surface area contributed by atoms with Crippen LogP contribution in [-0.4, -0.2) is 33.7 Å². The van der Waals surface area contributed by atoms with Crippen LogP contribution in [-0.2, 0) is 10.4 Å². The fourth-order valence-electron chi connectivity index (χ4n) is 4.42. The van der Waals surface area contributed by atoms with Gasteiger partial charge in [-0.3, -0.25) is 9.48 Å². The van der Waals surface area contributed by atoms with E-state index < -0.39 is 0 Å². The number of nitrogens with zero attached hydrogens (tertiary/aromatic N) is 3. The molecule has 2 aliphatic heterocycles. The zero-order valence-corrected chi connectivity index (χ0v) is 15.4. The predicted octanol–water partition coefficient (Wildman–Crippen LogP) is 3.75. The fourth-order valence-corrected chi connectivity index (χ4v) is 4.42. The summed E-state index contributed by atoms with van der Waals surface area (Å²) >= 11 is 0. The van der Waals surface area contributed by atoms with Crippen LogP contribution in [0.1, 0.15) is 51.1 Å². The first-order valence-electron chi connectivity index (χ1n) is 9.74. The Labute approximate surface area is 153 Å². The van der Waals surface area contributed by atoms with E-state index in [9.17, 15) is 4.79 Å². The molecule has 0 atom stereocenters. The smallest absolute Gasteiger partial charge is 0.225 e. The van der Waals surface area contributed by atoms with Gasteiger partial charge in [0.2, 0.25) is 5.91 Å². The highest BCUT2D eigenvalue weighted by Crippen LogP contribution is 2.50. The Bertz CT molecular complexity index is 858. The Morgan fingerprint density at radius 3 is 2.65 bits per heavy atom. The van der Waals surface area contributed by atoms with Gasteiger partial charge in [-0.1, -0.05) is 12.1 Å². The normalized spacial score (nSPS) is 20.7. The van der Waals surface area contributed by atoms with Gasteiger partial charge in [-0.25, -0.2) is 0 Å². The van der Waals surface area contributed by atoms with Gasteiger partial charge in [-0.2, -0.15) is 5.10 Å². The second-order valence-corrected chi connectivity index (χ2v) is 8.14. The van der Waals surface area contributed by atoms with Crippen LogP contribution in [0, 0.1) is 5.92 Å². The number of para-hydroxylation sites is 1. The Balaban J connectivity index is 1.53. The molecular weight excluding hydrogens is 326 g/mol. The van der Waals surface area contributed by atoms with Crippen LogP contribution in [0.2, 0.25) is 0 Å². The second kappa shape index (κ2) is 5.60. The standard InChI is InChI=1S/C21H25N3O2/c1-14(2)24-19-16-5-3-4-6-18(16)26-21(17(19)13-22-24)9-11-23(12-10-21)20(25)15-7-8-15/h3-6,13-15H,7-12H2,1-2H3. The van der Waals surface area contributed by atoms with Gasteiger partial charge < -0.3 is 9.64 Å². The lowest BCUT2D eigenvalue weighted by Crippen LogP contribution is -2.49. The molecule has 1 saturated carbocycles. The molecular formula is C21H25N3O2. The van der Waals surface area contributed by atoms with E-state index in [0.29, 0.717) is 11.9 Å². The first-order valence-corrected chi connectivity index (χ1v) is 9.74. The summed E-state index contributed by atoms with van der Waals surface area (Å²) in [7, 11) is 0. The minimum absolute atomic E-state index is 0.288. The fraction of sp³-hybridized carbons (Fsp3) is 0.524. The molecule has 26 heavy (non-hydrogen) atoms. The number of likely N-dealkylation sites (tertiary alicyclic amines) is 1. The molecule has 1 amide bonds. The molecule has 1 spiro atoms. The number of carbonyl (C=O) groups excluding carboxylic acids is 1. The van der Waals surface area contributed by atoms with Gasteiger partial charge in [-0.15, -0.1) is 0 Å². The summed E-state index contributed by atoms with van der Waals surface area (Å²) in [5, 5.41) is 4.69. The number of fused-ring (bicyclic) bond motifs is 4. The summed E-state index contributed by atoms with van der Waals surface area (Å²) in [5.41, 5.74) is 3.13. The molecule has 3 aliphatic rings. The van der Waals surface area contributed by atoms with Gasteiger partial charge in [0.05, 0.1) is 11.9 Å². The Morgan fingerprint density at radius 2 is 1.96 bits per heavy atom. The molecule has 3 heterocycles. The third-order valence-corrected chi connectivity index (χ3v) is 6.03. The highest BCUT2D eigenvalue weighted by Gasteiger charge is 2.47. The molecule has 5 heteroatoms. The minimum Gasteiger partial charge on any atom is -0.482 e. The minimum atomic E-state index is -0.364. The topological polar surface area (TPSA) is 47.4 Å². The average Bonchev–Trinajstić information content (AvgIpc) is 3.39. The van der Waals surface area contributed by atoms with Crippen LogP contribution in [0.25, 0.3) is 11.3 Å². The van der Waals surface area contributed by atoms with E-state index in [-0.39, 0.29) is 11.5 Å². The number of ether oxygens (including phenoxy) is 1. The molecule has 2 fully saturated rings. The highest BCUT2D eigenvalue weighted by atomic mass is 16.5. The molecule has 0 radical (unpaired) electrons. The van der Waals surface area contributed by atoms with Crippen LogP contribution in [0.4, 0.5) is 0 Å². The number of hydrogen-bond donors (Lipinski definition) is 0. The monoisotopic (exact) mass is 351 g/mol. The third kappa shape index (κ3) is 2.29. The molecule has 5 nitrogen and oxygen atoms in total. The number of piperidine rings is 1. The zero-order valence-electron chi connectivity index (χ0n) is 15.4. The Kier molecular flexibility index (Phi) is 3.43. The molecule has 0 unspecified atom stereocenters. The van der Waals surface area contributed by atoms with Crippen LogP contribution in [0.15, 0.2) is 30.5 Å². The molecule has 1 aliphatic carbocycles. The van der Waals surface area contributed by atoms with Gasteiger partial charge in [0.25, 0.3) is 0 Å². The van der Waals surface area contributed by atoms with Gasteiger partial charge in [-0.05, 0) is 38.8 Å². The molecule has 1 aromatic heterocycles. The lowest BCUT2D eigenvalue weighted by atomic mass is 9.81. The van der Waals surface area contributed by atoms with Gasteiger partial charge in [0, 0.05) is 49.0 Å². The predicted molar refractivity (Wildman–Crippen MR) is 98.9 cm³/mol. The number of aromatic nitrogens is 2. The Hall–Kier alpha value is -2.30. The van der Waals surface area contributed by atoms with Crippen LogP contribution >= 0.6 is 0 Å². The molecule has 2 aromatic rings. The van der Waals surface area contributed by atoms with E-state index in [1.807, 2.05) is 17.2 Å². The van der Waals surface area contributed by atoms with Crippen molar-refractivity contribution < 1.29 is 9.53 Å². The quantitative estimate of drug-likeness (QED) is 0.828. The first kappa shape index (κ1) is 15.9. The number of carbonyl (C=O) groups is 1. The zero-order chi connectivity index (χ0) is 17.9. The molecule has 136 valence electrons. The Morgan fingerprint density at radius 1 is 1.23 bits per heavy atom. The van der Waals surface area contributed by atoms with Crippen molar-refractivity contribution in [3.8, 4) is 17.0 Å². The summed E-state index contributed by atoms with van der Waals surface area (Å²) in [6.07, 6.45) is 5.78. The summed E-state index contributed by atoms with van der Waals surface area (Å²) in [6, 6.07) is 8.54. The number of hydrogen-bond acceptors (Lipinski definition) is 3. The largest absolute Gasteiger partial charge is 0.482 e. The molecule has 1 aromatic carbocycles. The van der Waals surface area contributed by atoms with Crippen molar-refractivity contribution >= 4 is 5.91 Å². The van der Waals surface area contributed by atoms with Crippen molar-refractivity contribution in [3.63, 3.8) is 0 Å². The maximum absolute atomic E-state index is 12.4.